The summed E-state index contributed by atoms with van der Waals surface area (Å²) >= 11 is 0. The molecule has 6 nitrogen and oxygen atoms in total. The lowest BCUT2D eigenvalue weighted by molar-refractivity contribution is -0.143. The van der Waals surface area contributed by atoms with Crippen LogP contribution in [0.25, 0.3) is 0 Å². The van der Waals surface area contributed by atoms with E-state index < -0.39 is 12.1 Å². The first-order chi connectivity index (χ1) is 40.5. The molecule has 0 saturated carbocycles. The molecular weight excluding hydrogens is 1010 g/mol. The number of carbonyl (C=O) groups is 2. The summed E-state index contributed by atoms with van der Waals surface area (Å²) in [6.45, 7) is 4.96. The largest absolute Gasteiger partial charge is 0.466 e. The summed E-state index contributed by atoms with van der Waals surface area (Å²) in [5, 5.41) is 23.4. The summed E-state index contributed by atoms with van der Waals surface area (Å²) in [5.41, 5.74) is 0. The van der Waals surface area contributed by atoms with Gasteiger partial charge in [0.1, 0.15) is 0 Å². The number of rotatable bonds is 71. The molecule has 0 aromatic carbocycles. The number of esters is 1. The van der Waals surface area contributed by atoms with Gasteiger partial charge in [0.15, 0.2) is 0 Å². The molecule has 2 unspecified atom stereocenters. The number of aliphatic hydroxyl groups excluding tert-OH is 2. The zero-order valence-electron chi connectivity index (χ0n) is 55.8. The van der Waals surface area contributed by atoms with Gasteiger partial charge in [-0.3, -0.25) is 9.59 Å². The van der Waals surface area contributed by atoms with Gasteiger partial charge in [-0.1, -0.05) is 366 Å². The Hall–Kier alpha value is -1.66. The van der Waals surface area contributed by atoms with Gasteiger partial charge in [-0.2, -0.15) is 0 Å². The standard InChI is InChI=1S/C76H147NO5/c1-3-5-7-9-11-13-15-16-17-18-36-39-42-45-49-52-56-60-64-68-74(79)73(72-78)77-75(80)69-65-61-57-53-50-46-43-40-37-34-32-30-28-26-24-22-20-19-21-23-25-27-29-31-33-35-38-41-44-47-51-55-59-63-67-71-82-76(81)70-66-62-58-54-48-14-12-10-8-6-4-2/h10,12,21,23,73-74,78-79H,3-9,11,13-20,22,24-72H2,1-2H3,(H,77,80)/b12-10-,23-21-. The minimum atomic E-state index is -0.662. The molecule has 0 bridgehead atoms. The molecule has 0 aromatic heterocycles. The summed E-state index contributed by atoms with van der Waals surface area (Å²) in [5.74, 6) is -0.0171. The van der Waals surface area contributed by atoms with Crippen molar-refractivity contribution in [1.82, 2.24) is 5.32 Å². The third-order valence-corrected chi connectivity index (χ3v) is 17.7. The van der Waals surface area contributed by atoms with E-state index in [1.54, 1.807) is 0 Å². The summed E-state index contributed by atoms with van der Waals surface area (Å²) in [6, 6.07) is -0.539. The average Bonchev–Trinajstić information content (AvgIpc) is 3.48. The van der Waals surface area contributed by atoms with Crippen LogP contribution in [0.15, 0.2) is 24.3 Å². The smallest absolute Gasteiger partial charge is 0.305 e. The van der Waals surface area contributed by atoms with E-state index in [2.05, 4.69) is 43.5 Å². The molecule has 1 amide bonds. The highest BCUT2D eigenvalue weighted by Crippen LogP contribution is 2.19. The molecule has 486 valence electrons. The topological polar surface area (TPSA) is 95.9 Å². The van der Waals surface area contributed by atoms with Crippen LogP contribution < -0.4 is 5.32 Å². The van der Waals surface area contributed by atoms with E-state index in [1.165, 1.54) is 347 Å². The fourth-order valence-electron chi connectivity index (χ4n) is 12.0. The number of aliphatic hydroxyl groups is 2. The van der Waals surface area contributed by atoms with E-state index in [0.717, 1.165) is 44.9 Å². The zero-order chi connectivity index (χ0) is 59.2. The van der Waals surface area contributed by atoms with Gasteiger partial charge >= 0.3 is 5.97 Å². The molecule has 0 radical (unpaired) electrons. The van der Waals surface area contributed by atoms with Crippen LogP contribution in [0.2, 0.25) is 0 Å². The van der Waals surface area contributed by atoms with Crippen molar-refractivity contribution in [3.63, 3.8) is 0 Å². The van der Waals surface area contributed by atoms with Crippen LogP contribution in [0.5, 0.6) is 0 Å². The van der Waals surface area contributed by atoms with Crippen LogP contribution >= 0.6 is 0 Å². The first-order valence-corrected chi connectivity index (χ1v) is 37.6. The molecule has 0 aromatic rings. The first kappa shape index (κ1) is 80.3. The Kier molecular flexibility index (Phi) is 70.4. The Morgan fingerprint density at radius 2 is 0.585 bits per heavy atom. The minimum Gasteiger partial charge on any atom is -0.466 e. The van der Waals surface area contributed by atoms with Gasteiger partial charge in [0.05, 0.1) is 25.4 Å². The van der Waals surface area contributed by atoms with Crippen LogP contribution in [0.3, 0.4) is 0 Å². The molecular formula is C76H147NO5. The lowest BCUT2D eigenvalue weighted by Crippen LogP contribution is -2.45. The van der Waals surface area contributed by atoms with Crippen LogP contribution in [0.4, 0.5) is 0 Å². The van der Waals surface area contributed by atoms with Gasteiger partial charge in [-0.25, -0.2) is 0 Å². The second kappa shape index (κ2) is 71.8. The molecule has 0 aliphatic carbocycles. The third-order valence-electron chi connectivity index (χ3n) is 17.7. The highest BCUT2D eigenvalue weighted by Gasteiger charge is 2.20. The average molecular weight is 1160 g/mol. The number of hydrogen-bond acceptors (Lipinski definition) is 5. The van der Waals surface area contributed by atoms with E-state index in [9.17, 15) is 19.8 Å². The fraction of sp³-hybridized carbons (Fsp3) is 0.921. The minimum absolute atomic E-state index is 0.00968. The molecule has 0 aliphatic heterocycles. The molecule has 0 spiro atoms. The van der Waals surface area contributed by atoms with Crippen molar-refractivity contribution >= 4 is 11.9 Å². The van der Waals surface area contributed by atoms with Crippen LogP contribution in [0.1, 0.15) is 425 Å². The van der Waals surface area contributed by atoms with E-state index in [0.29, 0.717) is 25.9 Å². The SMILES string of the molecule is CCCC/C=C\CCCCCCCC(=O)OCCCCCCCCCCCCCCCC/C=C\CCCCCCCCCCCCCCCCCCCC(=O)NC(CO)C(O)CCCCCCCCCCCCCCCCCCCCC. The van der Waals surface area contributed by atoms with Crippen molar-refractivity contribution in [2.75, 3.05) is 13.2 Å². The Bertz CT molecular complexity index is 1280. The quantitative estimate of drug-likeness (QED) is 0.0320. The molecule has 0 rings (SSSR count). The van der Waals surface area contributed by atoms with Gasteiger partial charge in [0, 0.05) is 12.8 Å². The van der Waals surface area contributed by atoms with E-state index in [4.69, 9.17) is 4.74 Å². The monoisotopic (exact) mass is 1150 g/mol. The van der Waals surface area contributed by atoms with Crippen molar-refractivity contribution in [3.8, 4) is 0 Å². The second-order valence-electron chi connectivity index (χ2n) is 26.0. The second-order valence-corrected chi connectivity index (χ2v) is 26.0. The van der Waals surface area contributed by atoms with E-state index >= 15 is 0 Å². The Balaban J connectivity index is 3.34. The number of carbonyl (C=O) groups excluding carboxylic acids is 2. The van der Waals surface area contributed by atoms with Crippen LogP contribution in [-0.2, 0) is 14.3 Å². The Morgan fingerprint density at radius 3 is 0.902 bits per heavy atom. The number of ether oxygens (including phenoxy) is 1. The number of amides is 1. The van der Waals surface area contributed by atoms with E-state index in [1.807, 2.05) is 0 Å². The predicted molar refractivity (Wildman–Crippen MR) is 361 cm³/mol. The highest BCUT2D eigenvalue weighted by molar-refractivity contribution is 5.76. The third kappa shape index (κ3) is 67.5. The lowest BCUT2D eigenvalue weighted by atomic mass is 10.0. The molecule has 82 heavy (non-hydrogen) atoms. The molecule has 0 saturated heterocycles. The lowest BCUT2D eigenvalue weighted by Gasteiger charge is -2.22. The van der Waals surface area contributed by atoms with Crippen LogP contribution in [-0.4, -0.2) is 47.4 Å². The Morgan fingerprint density at radius 1 is 0.329 bits per heavy atom. The number of nitrogens with one attached hydrogen (secondary N) is 1. The molecule has 0 heterocycles. The summed E-state index contributed by atoms with van der Waals surface area (Å²) in [6.07, 6.45) is 91.2. The van der Waals surface area contributed by atoms with E-state index in [-0.39, 0.29) is 18.5 Å². The van der Waals surface area contributed by atoms with Crippen LogP contribution in [0, 0.1) is 0 Å². The molecule has 0 aliphatic rings. The summed E-state index contributed by atoms with van der Waals surface area (Å²) < 4.78 is 5.47. The first-order valence-electron chi connectivity index (χ1n) is 37.6. The zero-order valence-corrected chi connectivity index (χ0v) is 55.8. The molecule has 6 heteroatoms. The van der Waals surface area contributed by atoms with Gasteiger partial charge in [-0.05, 0) is 70.6 Å². The maximum absolute atomic E-state index is 12.5. The number of allylic oxidation sites excluding steroid dienone is 4. The normalized spacial score (nSPS) is 12.6. The summed E-state index contributed by atoms with van der Waals surface area (Å²) in [4.78, 5) is 24.6. The number of hydrogen-bond donors (Lipinski definition) is 3. The molecule has 0 fully saturated rings. The van der Waals surface area contributed by atoms with Gasteiger partial charge in [0.2, 0.25) is 5.91 Å². The maximum atomic E-state index is 12.5. The van der Waals surface area contributed by atoms with Crippen molar-refractivity contribution < 1.29 is 24.5 Å². The number of unbranched alkanes of at least 4 members (excludes halogenated alkanes) is 56. The maximum Gasteiger partial charge on any atom is 0.305 e. The van der Waals surface area contributed by atoms with Gasteiger partial charge < -0.3 is 20.3 Å². The van der Waals surface area contributed by atoms with Gasteiger partial charge in [0.25, 0.3) is 0 Å². The van der Waals surface area contributed by atoms with Crippen molar-refractivity contribution in [1.29, 1.82) is 0 Å². The predicted octanol–water partition coefficient (Wildman–Crippen LogP) is 24.5. The van der Waals surface area contributed by atoms with Crippen molar-refractivity contribution in [2.45, 2.75) is 437 Å². The summed E-state index contributed by atoms with van der Waals surface area (Å²) in [7, 11) is 0. The highest BCUT2D eigenvalue weighted by atomic mass is 16.5. The van der Waals surface area contributed by atoms with Crippen molar-refractivity contribution in [3.05, 3.63) is 24.3 Å². The molecule has 3 N–H and O–H groups in total. The fourth-order valence-corrected chi connectivity index (χ4v) is 12.0. The Labute approximate surface area is 513 Å². The molecule has 2 atom stereocenters. The van der Waals surface area contributed by atoms with Crippen molar-refractivity contribution in [2.24, 2.45) is 0 Å². The van der Waals surface area contributed by atoms with Gasteiger partial charge in [-0.15, -0.1) is 0 Å².